The molecule has 2 heteroatoms. The van der Waals surface area contributed by atoms with Gasteiger partial charge in [-0.2, -0.15) is 0 Å². The van der Waals surface area contributed by atoms with Gasteiger partial charge in [-0.1, -0.05) is 30.6 Å². The van der Waals surface area contributed by atoms with Crippen LogP contribution in [0.25, 0.3) is 0 Å². The molecule has 0 aromatic heterocycles. The summed E-state index contributed by atoms with van der Waals surface area (Å²) < 4.78 is 0. The highest BCUT2D eigenvalue weighted by molar-refractivity contribution is 5.67. The average Bonchev–Trinajstić information content (AvgIpc) is 2.34. The molecular formula is C16H16O2. The van der Waals surface area contributed by atoms with E-state index in [9.17, 15) is 4.79 Å². The summed E-state index contributed by atoms with van der Waals surface area (Å²) in [5.41, 5.74) is 0. The Hall–Kier alpha value is -2.29. The lowest BCUT2D eigenvalue weighted by atomic mass is 10.3. The third kappa shape index (κ3) is 13.7. The summed E-state index contributed by atoms with van der Waals surface area (Å²) in [4.78, 5) is 10.2. The van der Waals surface area contributed by atoms with Crippen molar-refractivity contribution in [2.45, 2.75) is 45.4 Å². The number of carboxylic acids is 1. The first-order chi connectivity index (χ1) is 8.77. The maximum absolute atomic E-state index is 10.2. The van der Waals surface area contributed by atoms with Crippen LogP contribution in [0.15, 0.2) is 0 Å². The molecule has 0 bridgehead atoms. The fourth-order valence-electron chi connectivity index (χ4n) is 0.846. The van der Waals surface area contributed by atoms with Crippen molar-refractivity contribution in [2.24, 2.45) is 0 Å². The topological polar surface area (TPSA) is 37.3 Å². The van der Waals surface area contributed by atoms with Crippen LogP contribution in [-0.4, -0.2) is 11.1 Å². The van der Waals surface area contributed by atoms with Crippen molar-refractivity contribution in [3.8, 4) is 47.4 Å². The van der Waals surface area contributed by atoms with Crippen LogP contribution in [0.4, 0.5) is 0 Å². The predicted molar refractivity (Wildman–Crippen MR) is 72.1 cm³/mol. The van der Waals surface area contributed by atoms with Crippen molar-refractivity contribution in [3.05, 3.63) is 0 Å². The summed E-state index contributed by atoms with van der Waals surface area (Å²) in [6, 6.07) is 0. The fourth-order valence-corrected chi connectivity index (χ4v) is 0.846. The van der Waals surface area contributed by atoms with E-state index in [-0.39, 0.29) is 6.42 Å². The smallest absolute Gasteiger partial charge is 0.304 e. The molecule has 0 atom stereocenters. The van der Waals surface area contributed by atoms with E-state index in [0.717, 1.165) is 12.8 Å². The van der Waals surface area contributed by atoms with E-state index in [1.807, 2.05) is 0 Å². The summed E-state index contributed by atoms with van der Waals surface area (Å²) in [6.45, 7) is 2.08. The van der Waals surface area contributed by atoms with Gasteiger partial charge in [0.25, 0.3) is 0 Å². The first-order valence-corrected chi connectivity index (χ1v) is 5.90. The second kappa shape index (κ2) is 12.8. The highest BCUT2D eigenvalue weighted by Crippen LogP contribution is 1.85. The van der Waals surface area contributed by atoms with Crippen LogP contribution in [0.1, 0.15) is 45.4 Å². The Morgan fingerprint density at radius 3 is 1.72 bits per heavy atom. The maximum Gasteiger partial charge on any atom is 0.304 e. The second-order valence-electron chi connectivity index (χ2n) is 3.35. The minimum absolute atomic E-state index is 0.0661. The van der Waals surface area contributed by atoms with Crippen LogP contribution in [0.5, 0.6) is 0 Å². The number of hydrogen-bond acceptors (Lipinski definition) is 1. The molecule has 0 aromatic rings. The lowest BCUT2D eigenvalue weighted by Crippen LogP contribution is -1.91. The molecule has 0 rings (SSSR count). The van der Waals surface area contributed by atoms with Gasteiger partial charge in [0.05, 0.1) is 6.42 Å². The normalized spacial score (nSPS) is 7.17. The summed E-state index contributed by atoms with van der Waals surface area (Å²) in [5.74, 6) is 21.4. The van der Waals surface area contributed by atoms with Gasteiger partial charge >= 0.3 is 5.97 Å². The maximum atomic E-state index is 10.2. The van der Waals surface area contributed by atoms with Gasteiger partial charge in [-0.3, -0.25) is 4.79 Å². The molecule has 0 aliphatic heterocycles. The molecule has 1 N–H and O–H groups in total. The minimum atomic E-state index is -0.836. The first-order valence-electron chi connectivity index (χ1n) is 5.90. The van der Waals surface area contributed by atoms with Gasteiger partial charge in [-0.25, -0.2) is 0 Å². The third-order valence-corrected chi connectivity index (χ3v) is 1.69. The van der Waals surface area contributed by atoms with Crippen molar-refractivity contribution >= 4 is 5.97 Å². The monoisotopic (exact) mass is 240 g/mol. The zero-order valence-corrected chi connectivity index (χ0v) is 10.6. The Morgan fingerprint density at radius 2 is 1.28 bits per heavy atom. The highest BCUT2D eigenvalue weighted by atomic mass is 16.4. The largest absolute Gasteiger partial charge is 0.481 e. The number of carboxylic acid groups (broad SMARTS) is 1. The lowest BCUT2D eigenvalue weighted by Gasteiger charge is -1.81. The van der Waals surface area contributed by atoms with Crippen LogP contribution in [0.2, 0.25) is 0 Å². The van der Waals surface area contributed by atoms with Gasteiger partial charge in [-0.15, -0.1) is 0 Å². The van der Waals surface area contributed by atoms with Gasteiger partial charge in [0, 0.05) is 25.7 Å². The molecule has 0 aliphatic rings. The number of unbranched alkanes of at least 4 members (excludes halogenated alkanes) is 2. The summed E-state index contributed by atoms with van der Waals surface area (Å²) in [7, 11) is 0. The van der Waals surface area contributed by atoms with E-state index in [1.54, 1.807) is 0 Å². The molecule has 0 saturated carbocycles. The molecule has 0 aromatic carbocycles. The Bertz CT molecular complexity index is 484. The van der Waals surface area contributed by atoms with Crippen LogP contribution < -0.4 is 0 Å². The van der Waals surface area contributed by atoms with Crippen molar-refractivity contribution in [2.75, 3.05) is 0 Å². The Labute approximate surface area is 109 Å². The predicted octanol–water partition coefficient (Wildman–Crippen LogP) is 2.45. The van der Waals surface area contributed by atoms with Gasteiger partial charge in [0.15, 0.2) is 0 Å². The Kier molecular flexibility index (Phi) is 11.2. The van der Waals surface area contributed by atoms with Gasteiger partial charge in [0.2, 0.25) is 0 Å². The molecule has 0 aliphatic carbocycles. The third-order valence-electron chi connectivity index (χ3n) is 1.69. The number of rotatable bonds is 4. The molecule has 0 unspecified atom stereocenters. The Morgan fingerprint density at radius 1 is 0.833 bits per heavy atom. The molecule has 0 fully saturated rings. The SMILES string of the molecule is CCCC#CC#CCCC#CC#CCCC(=O)O. The van der Waals surface area contributed by atoms with Gasteiger partial charge < -0.3 is 5.11 Å². The van der Waals surface area contributed by atoms with Crippen LogP contribution in [-0.2, 0) is 4.79 Å². The summed E-state index contributed by atoms with van der Waals surface area (Å²) >= 11 is 0. The molecule has 2 nitrogen and oxygen atoms in total. The van der Waals surface area contributed by atoms with Crippen molar-refractivity contribution in [1.82, 2.24) is 0 Å². The van der Waals surface area contributed by atoms with Crippen molar-refractivity contribution in [1.29, 1.82) is 0 Å². The van der Waals surface area contributed by atoms with Crippen LogP contribution in [0.3, 0.4) is 0 Å². The zero-order valence-electron chi connectivity index (χ0n) is 10.6. The number of hydrogen-bond donors (Lipinski definition) is 1. The average molecular weight is 240 g/mol. The molecular weight excluding hydrogens is 224 g/mol. The lowest BCUT2D eigenvalue weighted by molar-refractivity contribution is -0.136. The van der Waals surface area contributed by atoms with E-state index in [0.29, 0.717) is 19.3 Å². The highest BCUT2D eigenvalue weighted by Gasteiger charge is 1.90. The molecule has 92 valence electrons. The number of aliphatic carboxylic acids is 1. The minimum Gasteiger partial charge on any atom is -0.481 e. The van der Waals surface area contributed by atoms with Gasteiger partial charge in [-0.05, 0) is 30.1 Å². The van der Waals surface area contributed by atoms with Crippen molar-refractivity contribution < 1.29 is 9.90 Å². The Balaban J connectivity index is 3.67. The summed E-state index contributed by atoms with van der Waals surface area (Å²) in [5, 5.41) is 8.36. The molecule has 0 saturated heterocycles. The van der Waals surface area contributed by atoms with E-state index < -0.39 is 5.97 Å². The first kappa shape index (κ1) is 15.7. The van der Waals surface area contributed by atoms with Gasteiger partial charge in [0.1, 0.15) is 0 Å². The zero-order chi connectivity index (χ0) is 13.5. The van der Waals surface area contributed by atoms with Crippen molar-refractivity contribution in [3.63, 3.8) is 0 Å². The van der Waals surface area contributed by atoms with E-state index in [2.05, 4.69) is 54.3 Å². The molecule has 0 radical (unpaired) electrons. The van der Waals surface area contributed by atoms with Crippen LogP contribution in [0, 0.1) is 47.4 Å². The standard InChI is InChI=1S/C16H16O2/c1-2-3-4-5-6-7-8-9-10-11-12-13-14-15-16(17)18/h2-3,8-9,14-15H2,1H3,(H,17,18). The second-order valence-corrected chi connectivity index (χ2v) is 3.35. The van der Waals surface area contributed by atoms with E-state index in [1.165, 1.54) is 0 Å². The molecule has 0 heterocycles. The molecule has 18 heavy (non-hydrogen) atoms. The summed E-state index contributed by atoms with van der Waals surface area (Å²) in [6.07, 6.45) is 3.70. The molecule has 0 amide bonds. The molecule has 0 spiro atoms. The van der Waals surface area contributed by atoms with E-state index in [4.69, 9.17) is 5.11 Å². The van der Waals surface area contributed by atoms with Crippen LogP contribution >= 0.6 is 0 Å². The van der Waals surface area contributed by atoms with E-state index >= 15 is 0 Å². The quantitative estimate of drug-likeness (QED) is 0.605. The number of carbonyl (C=O) groups is 1. The fraction of sp³-hybridized carbons (Fsp3) is 0.438.